The number of allylic oxidation sites excluding steroid dienone is 6. The van der Waals surface area contributed by atoms with Gasteiger partial charge in [-0.3, -0.25) is 4.57 Å². The Balaban J connectivity index is 2.79. The van der Waals surface area contributed by atoms with Gasteiger partial charge in [-0.15, -0.1) is 10.2 Å². The zero-order valence-electron chi connectivity index (χ0n) is 15.0. The van der Waals surface area contributed by atoms with E-state index < -0.39 is 0 Å². The first-order valence-corrected chi connectivity index (χ1v) is 8.11. The topological polar surface area (TPSA) is 77.0 Å². The molecular weight excluding hydrogens is 312 g/mol. The minimum Gasteiger partial charge on any atom is -0.507 e. The van der Waals surface area contributed by atoms with Crippen LogP contribution in [0.2, 0.25) is 0 Å². The Labute approximate surface area is 148 Å². The highest BCUT2D eigenvalue weighted by molar-refractivity contribution is 5.78. The van der Waals surface area contributed by atoms with Gasteiger partial charge in [0.25, 0.3) is 0 Å². The fourth-order valence-electron chi connectivity index (χ4n) is 2.65. The van der Waals surface area contributed by atoms with E-state index in [0.29, 0.717) is 11.4 Å². The molecule has 0 atom stereocenters. The van der Waals surface area contributed by atoms with Gasteiger partial charge in [0, 0.05) is 0 Å². The largest absolute Gasteiger partial charge is 0.507 e. The van der Waals surface area contributed by atoms with Crippen molar-refractivity contribution in [1.29, 1.82) is 0 Å². The van der Waals surface area contributed by atoms with Gasteiger partial charge in [-0.2, -0.15) is 0 Å². The monoisotopic (exact) mass is 336 g/mol. The number of nitrogen functional groups attached to an aromatic ring is 1. The number of hydrogen-bond acceptors (Lipinski definition) is 4. The summed E-state index contributed by atoms with van der Waals surface area (Å²) in [5, 5.41) is 18.6. The van der Waals surface area contributed by atoms with Crippen LogP contribution < -0.4 is 5.73 Å². The van der Waals surface area contributed by atoms with Gasteiger partial charge < -0.3 is 10.8 Å². The van der Waals surface area contributed by atoms with E-state index in [1.54, 1.807) is 22.8 Å². The standard InChI is InChI=1S/C20H24N4O/c1-6-9-17(15(8-3)13(4)5)24-19(22-23-20(24)21)16-12-14(7-2)10-11-18(16)25/h6,8-12,25H,1,3,7H2,2,4-5H3,(H2,21,23)/b17-9+. The summed E-state index contributed by atoms with van der Waals surface area (Å²) in [6.45, 7) is 13.7. The van der Waals surface area contributed by atoms with E-state index in [1.807, 2.05) is 32.1 Å². The number of nitrogens with zero attached hydrogens (tertiary/aromatic N) is 3. The van der Waals surface area contributed by atoms with Crippen molar-refractivity contribution < 1.29 is 5.11 Å². The van der Waals surface area contributed by atoms with Crippen molar-refractivity contribution in [2.24, 2.45) is 0 Å². The number of phenolic OH excluding ortho intramolecular Hbond substituents is 1. The quantitative estimate of drug-likeness (QED) is 0.769. The van der Waals surface area contributed by atoms with Crippen molar-refractivity contribution in [3.8, 4) is 17.1 Å². The Hall–Kier alpha value is -3.08. The number of phenols is 1. The number of aryl methyl sites for hydroxylation is 1. The Kier molecular flexibility index (Phi) is 5.60. The summed E-state index contributed by atoms with van der Waals surface area (Å²) < 4.78 is 1.71. The summed E-state index contributed by atoms with van der Waals surface area (Å²) in [4.78, 5) is 0. The highest BCUT2D eigenvalue weighted by Crippen LogP contribution is 2.34. The summed E-state index contributed by atoms with van der Waals surface area (Å²) in [6, 6.07) is 5.45. The number of rotatable bonds is 6. The van der Waals surface area contributed by atoms with E-state index >= 15 is 0 Å². The van der Waals surface area contributed by atoms with E-state index in [-0.39, 0.29) is 11.7 Å². The van der Waals surface area contributed by atoms with Crippen molar-refractivity contribution in [2.45, 2.75) is 27.2 Å². The predicted molar refractivity (Wildman–Crippen MR) is 104 cm³/mol. The SMILES string of the molecule is C=C/C=C(\C(C=C)=C(C)C)n1c(N)nnc1-c1cc(CC)ccc1O. The van der Waals surface area contributed by atoms with Crippen LogP contribution in [-0.4, -0.2) is 19.9 Å². The fourth-order valence-corrected chi connectivity index (χ4v) is 2.65. The van der Waals surface area contributed by atoms with Crippen LogP contribution in [0.1, 0.15) is 26.3 Å². The molecular formula is C20H24N4O. The lowest BCUT2D eigenvalue weighted by atomic mass is 10.0. The molecule has 3 N–H and O–H groups in total. The Bertz CT molecular complexity index is 868. The number of aromatic nitrogens is 3. The molecule has 0 fully saturated rings. The minimum absolute atomic E-state index is 0.126. The maximum atomic E-state index is 10.3. The van der Waals surface area contributed by atoms with E-state index in [0.717, 1.165) is 28.8 Å². The summed E-state index contributed by atoms with van der Waals surface area (Å²) in [6.07, 6.45) is 6.11. The summed E-state index contributed by atoms with van der Waals surface area (Å²) in [5.74, 6) is 0.824. The van der Waals surface area contributed by atoms with Crippen LogP contribution in [0.4, 0.5) is 5.95 Å². The molecule has 0 amide bonds. The first-order chi connectivity index (χ1) is 11.9. The molecule has 0 bridgehead atoms. The minimum atomic E-state index is 0.126. The van der Waals surface area contributed by atoms with E-state index in [1.165, 1.54) is 0 Å². The molecule has 2 rings (SSSR count). The number of nitrogens with two attached hydrogens (primary N) is 1. The second-order valence-electron chi connectivity index (χ2n) is 5.83. The molecule has 130 valence electrons. The summed E-state index contributed by atoms with van der Waals surface area (Å²) in [5.41, 5.74) is 10.5. The average molecular weight is 336 g/mol. The second-order valence-corrected chi connectivity index (χ2v) is 5.83. The van der Waals surface area contributed by atoms with Crippen LogP contribution in [-0.2, 0) is 6.42 Å². The molecule has 0 unspecified atom stereocenters. The van der Waals surface area contributed by atoms with Crippen molar-refractivity contribution in [1.82, 2.24) is 14.8 Å². The molecule has 25 heavy (non-hydrogen) atoms. The third-order valence-electron chi connectivity index (χ3n) is 3.93. The van der Waals surface area contributed by atoms with Crippen molar-refractivity contribution in [3.05, 3.63) is 66.3 Å². The molecule has 1 aromatic heterocycles. The number of benzene rings is 1. The second kappa shape index (κ2) is 7.66. The Morgan fingerprint density at radius 2 is 2.00 bits per heavy atom. The number of hydrogen-bond donors (Lipinski definition) is 2. The fraction of sp³-hybridized carbons (Fsp3) is 0.200. The molecule has 0 saturated carbocycles. The van der Waals surface area contributed by atoms with Crippen LogP contribution in [0, 0.1) is 0 Å². The third kappa shape index (κ3) is 3.55. The molecule has 5 nitrogen and oxygen atoms in total. The zero-order chi connectivity index (χ0) is 18.6. The van der Waals surface area contributed by atoms with Crippen LogP contribution in [0.15, 0.2) is 60.7 Å². The molecule has 2 aromatic rings. The first-order valence-electron chi connectivity index (χ1n) is 8.11. The average Bonchev–Trinajstić information content (AvgIpc) is 2.96. The molecule has 0 aliphatic rings. The van der Waals surface area contributed by atoms with E-state index in [4.69, 9.17) is 5.73 Å². The van der Waals surface area contributed by atoms with Gasteiger partial charge in [0.1, 0.15) is 5.75 Å². The molecule has 0 aliphatic carbocycles. The molecule has 1 aromatic carbocycles. The van der Waals surface area contributed by atoms with Crippen molar-refractivity contribution >= 4 is 11.6 Å². The summed E-state index contributed by atoms with van der Waals surface area (Å²) >= 11 is 0. The van der Waals surface area contributed by atoms with Crippen LogP contribution >= 0.6 is 0 Å². The Morgan fingerprint density at radius 3 is 2.56 bits per heavy atom. The lowest BCUT2D eigenvalue weighted by Gasteiger charge is -2.16. The molecule has 0 radical (unpaired) electrons. The van der Waals surface area contributed by atoms with Crippen LogP contribution in [0.5, 0.6) is 5.75 Å². The van der Waals surface area contributed by atoms with E-state index in [9.17, 15) is 5.11 Å². The number of aromatic hydroxyl groups is 1. The van der Waals surface area contributed by atoms with Crippen molar-refractivity contribution in [3.63, 3.8) is 0 Å². The highest BCUT2D eigenvalue weighted by atomic mass is 16.3. The summed E-state index contributed by atoms with van der Waals surface area (Å²) in [7, 11) is 0. The molecule has 0 saturated heterocycles. The van der Waals surface area contributed by atoms with Gasteiger partial charge in [-0.05, 0) is 49.6 Å². The van der Waals surface area contributed by atoms with Gasteiger partial charge in [0.05, 0.1) is 11.3 Å². The van der Waals surface area contributed by atoms with Gasteiger partial charge in [0.15, 0.2) is 5.82 Å². The van der Waals surface area contributed by atoms with E-state index in [2.05, 4.69) is 30.3 Å². The van der Waals surface area contributed by atoms with Gasteiger partial charge in [-0.25, -0.2) is 0 Å². The predicted octanol–water partition coefficient (Wildman–Crippen LogP) is 4.34. The third-order valence-corrected chi connectivity index (χ3v) is 3.93. The zero-order valence-corrected chi connectivity index (χ0v) is 15.0. The maximum absolute atomic E-state index is 10.3. The molecule has 0 spiro atoms. The lowest BCUT2D eigenvalue weighted by molar-refractivity contribution is 0.476. The first kappa shape index (κ1) is 18.3. The lowest BCUT2D eigenvalue weighted by Crippen LogP contribution is -2.07. The van der Waals surface area contributed by atoms with Crippen LogP contribution in [0.25, 0.3) is 17.1 Å². The number of anilines is 1. The maximum Gasteiger partial charge on any atom is 0.226 e. The normalized spacial score (nSPS) is 11.2. The molecule has 1 heterocycles. The van der Waals surface area contributed by atoms with Gasteiger partial charge in [-0.1, -0.05) is 43.9 Å². The van der Waals surface area contributed by atoms with Crippen LogP contribution in [0.3, 0.4) is 0 Å². The Morgan fingerprint density at radius 1 is 1.28 bits per heavy atom. The van der Waals surface area contributed by atoms with Gasteiger partial charge in [0.2, 0.25) is 5.95 Å². The van der Waals surface area contributed by atoms with Gasteiger partial charge >= 0.3 is 0 Å². The molecule has 0 aliphatic heterocycles. The molecule has 5 heteroatoms. The smallest absolute Gasteiger partial charge is 0.226 e. The highest BCUT2D eigenvalue weighted by Gasteiger charge is 2.20. The van der Waals surface area contributed by atoms with Crippen molar-refractivity contribution in [2.75, 3.05) is 5.73 Å².